The molecule has 1 fully saturated rings. The SMILES string of the molecule is CC(C)n1cc(C(CN)NN2CCN(C)CC2)cn1. The second-order valence-electron chi connectivity index (χ2n) is 5.56. The third-order valence-electron chi connectivity index (χ3n) is 3.63. The van der Waals surface area contributed by atoms with E-state index in [4.69, 9.17) is 5.73 Å². The predicted octanol–water partition coefficient (Wildman–Crippen LogP) is 0.216. The van der Waals surface area contributed by atoms with Gasteiger partial charge in [-0.25, -0.2) is 10.4 Å². The van der Waals surface area contributed by atoms with Crippen LogP contribution in [-0.2, 0) is 0 Å². The van der Waals surface area contributed by atoms with Gasteiger partial charge in [0.2, 0.25) is 0 Å². The molecule has 19 heavy (non-hydrogen) atoms. The van der Waals surface area contributed by atoms with Gasteiger partial charge in [0.25, 0.3) is 0 Å². The summed E-state index contributed by atoms with van der Waals surface area (Å²) in [5.74, 6) is 0. The summed E-state index contributed by atoms with van der Waals surface area (Å²) in [6, 6.07) is 0.534. The molecule has 1 aliphatic heterocycles. The van der Waals surface area contributed by atoms with E-state index >= 15 is 0 Å². The number of hydrazine groups is 1. The molecule has 0 radical (unpaired) electrons. The van der Waals surface area contributed by atoms with Crippen molar-refractivity contribution in [2.45, 2.75) is 25.9 Å². The average molecular weight is 266 g/mol. The van der Waals surface area contributed by atoms with Crippen LogP contribution in [0, 0.1) is 0 Å². The van der Waals surface area contributed by atoms with Crippen LogP contribution in [0.1, 0.15) is 31.5 Å². The number of hydrogen-bond donors (Lipinski definition) is 2. The van der Waals surface area contributed by atoms with Crippen LogP contribution in [0.4, 0.5) is 0 Å². The zero-order valence-corrected chi connectivity index (χ0v) is 12.2. The Bertz CT molecular complexity index is 380. The second-order valence-corrected chi connectivity index (χ2v) is 5.56. The van der Waals surface area contributed by atoms with E-state index in [0.29, 0.717) is 12.6 Å². The van der Waals surface area contributed by atoms with Gasteiger partial charge < -0.3 is 10.6 Å². The molecular formula is C13H26N6. The van der Waals surface area contributed by atoms with Gasteiger partial charge in [-0.2, -0.15) is 5.10 Å². The molecule has 1 aromatic heterocycles. The highest BCUT2D eigenvalue weighted by atomic mass is 15.5. The first-order chi connectivity index (χ1) is 9.10. The summed E-state index contributed by atoms with van der Waals surface area (Å²) in [5, 5.41) is 6.65. The van der Waals surface area contributed by atoms with Crippen LogP contribution in [0.3, 0.4) is 0 Å². The van der Waals surface area contributed by atoms with Gasteiger partial charge in [0.05, 0.1) is 12.2 Å². The van der Waals surface area contributed by atoms with Crippen molar-refractivity contribution in [3.05, 3.63) is 18.0 Å². The molecule has 0 amide bonds. The number of nitrogens with one attached hydrogen (secondary N) is 1. The topological polar surface area (TPSA) is 62.4 Å². The van der Waals surface area contributed by atoms with Crippen LogP contribution in [0.5, 0.6) is 0 Å². The molecule has 0 aliphatic carbocycles. The summed E-state index contributed by atoms with van der Waals surface area (Å²) in [6.45, 7) is 9.09. The normalized spacial score (nSPS) is 20.1. The third kappa shape index (κ3) is 3.76. The largest absolute Gasteiger partial charge is 0.329 e. The maximum absolute atomic E-state index is 5.90. The van der Waals surface area contributed by atoms with Gasteiger partial charge in [-0.3, -0.25) is 4.68 Å². The van der Waals surface area contributed by atoms with Crippen molar-refractivity contribution in [2.24, 2.45) is 5.73 Å². The summed E-state index contributed by atoms with van der Waals surface area (Å²) in [5.41, 5.74) is 10.6. The van der Waals surface area contributed by atoms with Crippen LogP contribution in [0.15, 0.2) is 12.4 Å². The van der Waals surface area contributed by atoms with Gasteiger partial charge in [0, 0.05) is 50.5 Å². The molecule has 3 N–H and O–H groups in total. The lowest BCUT2D eigenvalue weighted by Crippen LogP contribution is -2.52. The minimum absolute atomic E-state index is 0.149. The Kier molecular flexibility index (Phi) is 4.93. The molecule has 2 rings (SSSR count). The molecule has 1 aromatic rings. The van der Waals surface area contributed by atoms with Gasteiger partial charge in [-0.15, -0.1) is 0 Å². The van der Waals surface area contributed by atoms with Crippen LogP contribution in [-0.4, -0.2) is 59.5 Å². The quantitative estimate of drug-likeness (QED) is 0.798. The fourth-order valence-corrected chi connectivity index (χ4v) is 2.23. The molecule has 6 nitrogen and oxygen atoms in total. The van der Waals surface area contributed by atoms with Gasteiger partial charge in [0.15, 0.2) is 0 Å². The summed E-state index contributed by atoms with van der Waals surface area (Å²) in [4.78, 5) is 2.34. The first-order valence-electron chi connectivity index (χ1n) is 7.04. The summed E-state index contributed by atoms with van der Waals surface area (Å²) < 4.78 is 1.98. The Morgan fingerprint density at radius 1 is 1.32 bits per heavy atom. The lowest BCUT2D eigenvalue weighted by Gasteiger charge is -2.35. The highest BCUT2D eigenvalue weighted by Gasteiger charge is 2.19. The Hall–Kier alpha value is -0.950. The maximum Gasteiger partial charge on any atom is 0.0617 e. The van der Waals surface area contributed by atoms with E-state index in [2.05, 4.69) is 47.5 Å². The molecule has 0 aromatic carbocycles. The average Bonchev–Trinajstić information content (AvgIpc) is 2.88. The zero-order valence-electron chi connectivity index (χ0n) is 12.2. The van der Waals surface area contributed by atoms with Crippen molar-refractivity contribution >= 4 is 0 Å². The molecule has 6 heteroatoms. The molecule has 0 bridgehead atoms. The number of nitrogens with two attached hydrogens (primary N) is 1. The Morgan fingerprint density at radius 2 is 2.00 bits per heavy atom. The van der Waals surface area contributed by atoms with Crippen LogP contribution in [0.25, 0.3) is 0 Å². The van der Waals surface area contributed by atoms with Crippen LogP contribution < -0.4 is 11.2 Å². The molecule has 1 unspecified atom stereocenters. The molecule has 1 atom stereocenters. The Morgan fingerprint density at radius 3 is 2.53 bits per heavy atom. The summed E-state index contributed by atoms with van der Waals surface area (Å²) >= 11 is 0. The predicted molar refractivity (Wildman–Crippen MR) is 76.6 cm³/mol. The van der Waals surface area contributed by atoms with Crippen molar-refractivity contribution in [1.29, 1.82) is 0 Å². The molecule has 2 heterocycles. The van der Waals surface area contributed by atoms with Crippen molar-refractivity contribution in [3.63, 3.8) is 0 Å². The Labute approximate surface area is 115 Å². The van der Waals surface area contributed by atoms with Crippen molar-refractivity contribution in [3.8, 4) is 0 Å². The van der Waals surface area contributed by atoms with E-state index in [1.54, 1.807) is 0 Å². The van der Waals surface area contributed by atoms with Crippen molar-refractivity contribution in [1.82, 2.24) is 25.1 Å². The smallest absolute Gasteiger partial charge is 0.0617 e. The van der Waals surface area contributed by atoms with E-state index < -0.39 is 0 Å². The molecule has 108 valence electrons. The summed E-state index contributed by atoms with van der Waals surface area (Å²) in [6.07, 6.45) is 4.01. The van der Waals surface area contributed by atoms with Crippen molar-refractivity contribution < 1.29 is 0 Å². The minimum atomic E-state index is 0.149. The monoisotopic (exact) mass is 266 g/mol. The third-order valence-corrected chi connectivity index (χ3v) is 3.63. The van der Waals surface area contributed by atoms with E-state index in [-0.39, 0.29) is 6.04 Å². The fraction of sp³-hybridized carbons (Fsp3) is 0.769. The van der Waals surface area contributed by atoms with Gasteiger partial charge in [0.1, 0.15) is 0 Å². The number of rotatable bonds is 5. The van der Waals surface area contributed by atoms with E-state index in [9.17, 15) is 0 Å². The Balaban J connectivity index is 1.95. The second kappa shape index (κ2) is 6.47. The minimum Gasteiger partial charge on any atom is -0.329 e. The fourth-order valence-electron chi connectivity index (χ4n) is 2.23. The molecule has 1 aliphatic rings. The van der Waals surface area contributed by atoms with Crippen LogP contribution >= 0.6 is 0 Å². The molecule has 0 spiro atoms. The van der Waals surface area contributed by atoms with Crippen molar-refractivity contribution in [2.75, 3.05) is 39.8 Å². The van der Waals surface area contributed by atoms with E-state index in [1.807, 2.05) is 10.9 Å². The first kappa shape index (κ1) is 14.5. The lowest BCUT2D eigenvalue weighted by atomic mass is 10.2. The number of aromatic nitrogens is 2. The van der Waals surface area contributed by atoms with Gasteiger partial charge in [-0.1, -0.05) is 0 Å². The van der Waals surface area contributed by atoms with Gasteiger partial charge in [-0.05, 0) is 20.9 Å². The molecule has 0 saturated carbocycles. The number of hydrogen-bond acceptors (Lipinski definition) is 5. The first-order valence-corrected chi connectivity index (χ1v) is 7.04. The lowest BCUT2D eigenvalue weighted by molar-refractivity contribution is 0.0880. The zero-order chi connectivity index (χ0) is 13.8. The number of nitrogens with zero attached hydrogens (tertiary/aromatic N) is 4. The highest BCUT2D eigenvalue weighted by Crippen LogP contribution is 2.14. The highest BCUT2D eigenvalue weighted by molar-refractivity contribution is 5.11. The summed E-state index contributed by atoms with van der Waals surface area (Å²) in [7, 11) is 2.16. The van der Waals surface area contributed by atoms with E-state index in [0.717, 1.165) is 31.7 Å². The van der Waals surface area contributed by atoms with Gasteiger partial charge >= 0.3 is 0 Å². The standard InChI is InChI=1S/C13H26N6/c1-11(2)19-10-12(9-15-19)13(8-14)16-18-6-4-17(3)5-7-18/h9-11,13,16H,4-8,14H2,1-3H3. The van der Waals surface area contributed by atoms with E-state index in [1.165, 1.54) is 0 Å². The maximum atomic E-state index is 5.90. The molecular weight excluding hydrogens is 240 g/mol. The number of piperazine rings is 1. The molecule has 1 saturated heterocycles. The number of likely N-dealkylation sites (N-methyl/N-ethyl adjacent to an activating group) is 1. The van der Waals surface area contributed by atoms with Crippen LogP contribution in [0.2, 0.25) is 0 Å².